The molecule has 0 spiro atoms. The first-order valence-electron chi connectivity index (χ1n) is 6.37. The van der Waals surface area contributed by atoms with Crippen LogP contribution in [0.15, 0.2) is 45.9 Å². The Labute approximate surface area is 147 Å². The Bertz CT molecular complexity index is 704. The fraction of sp³-hybridized carbons (Fsp3) is 0.286. The van der Waals surface area contributed by atoms with Crippen LogP contribution in [0.5, 0.6) is 0 Å². The van der Waals surface area contributed by atoms with Crippen molar-refractivity contribution in [2.24, 2.45) is 0 Å². The molecule has 2 N–H and O–H groups in total. The van der Waals surface area contributed by atoms with Crippen LogP contribution >= 0.6 is 31.9 Å². The van der Waals surface area contributed by atoms with E-state index in [2.05, 4.69) is 41.8 Å². The third kappa shape index (κ3) is 6.85. The van der Waals surface area contributed by atoms with E-state index in [0.717, 1.165) is 8.95 Å². The Morgan fingerprint density at radius 1 is 1.05 bits per heavy atom. The van der Waals surface area contributed by atoms with Gasteiger partial charge in [0.25, 0.3) is 0 Å². The van der Waals surface area contributed by atoms with Crippen molar-refractivity contribution in [2.45, 2.75) is 24.9 Å². The van der Waals surface area contributed by atoms with E-state index in [1.54, 1.807) is 50.8 Å². The zero-order valence-electron chi connectivity index (χ0n) is 12.2. The highest BCUT2D eigenvalue weighted by Crippen LogP contribution is 2.14. The molecule has 0 aliphatic heterocycles. The van der Waals surface area contributed by atoms with Gasteiger partial charge in [-0.1, -0.05) is 0 Å². The monoisotopic (exact) mass is 449 g/mol. The van der Waals surface area contributed by atoms with Crippen LogP contribution in [0.3, 0.4) is 0 Å². The van der Waals surface area contributed by atoms with Gasteiger partial charge in [0.05, 0.1) is 16.7 Å². The maximum atomic E-state index is 11.6. The zero-order chi connectivity index (χ0) is 16.8. The lowest BCUT2D eigenvalue weighted by Crippen LogP contribution is -2.16. The van der Waals surface area contributed by atoms with Gasteiger partial charge in [-0.15, -0.1) is 0 Å². The summed E-state index contributed by atoms with van der Waals surface area (Å²) in [5, 5.41) is -0.346. The molecule has 0 aromatic carbocycles. The van der Waals surface area contributed by atoms with Gasteiger partial charge in [-0.25, -0.2) is 8.42 Å². The molecular weight excluding hydrogens is 434 g/mol. The molecule has 0 aliphatic rings. The average Bonchev–Trinajstić information content (AvgIpc) is 2.38. The number of nitrogen functional groups attached to an aromatic ring is 1. The first-order chi connectivity index (χ1) is 10.2. The molecule has 0 unspecified atom stereocenters. The van der Waals surface area contributed by atoms with Crippen molar-refractivity contribution >= 4 is 47.4 Å². The van der Waals surface area contributed by atoms with E-state index in [0.29, 0.717) is 11.3 Å². The molecule has 0 radical (unpaired) electrons. The van der Waals surface area contributed by atoms with Crippen molar-refractivity contribution < 1.29 is 8.42 Å². The molecule has 0 aliphatic carbocycles. The molecule has 0 saturated carbocycles. The van der Waals surface area contributed by atoms with Gasteiger partial charge in [0, 0.05) is 33.7 Å². The number of nitrogens with two attached hydrogens (primary N) is 1. The lowest BCUT2D eigenvalue weighted by molar-refractivity contribution is 0.586. The molecule has 5 nitrogen and oxygen atoms in total. The van der Waals surface area contributed by atoms with Crippen molar-refractivity contribution in [2.75, 3.05) is 5.73 Å². The van der Waals surface area contributed by atoms with E-state index >= 15 is 0 Å². The standard InChI is InChI=1S/C9H12BrNO2S.C5H5BrN2/c1-7(2)14(12,13)6-8-3-9(10)5-11-4-8;6-4-1-5(7)3-8-2-4/h3-5,7H,6H2,1-2H3;1-3H,7H2. The number of anilines is 1. The van der Waals surface area contributed by atoms with Crippen LogP contribution < -0.4 is 5.73 Å². The van der Waals surface area contributed by atoms with Crippen molar-refractivity contribution in [3.05, 3.63) is 51.4 Å². The third-order valence-corrected chi connectivity index (χ3v) is 5.61. The van der Waals surface area contributed by atoms with Crippen LogP contribution in [-0.2, 0) is 15.6 Å². The predicted molar refractivity (Wildman–Crippen MR) is 96.0 cm³/mol. The van der Waals surface area contributed by atoms with E-state index in [1.807, 2.05) is 0 Å². The van der Waals surface area contributed by atoms with Gasteiger partial charge in [-0.2, -0.15) is 0 Å². The van der Waals surface area contributed by atoms with Crippen LogP contribution in [0, 0.1) is 0 Å². The van der Waals surface area contributed by atoms with E-state index in [-0.39, 0.29) is 11.0 Å². The van der Waals surface area contributed by atoms with Gasteiger partial charge in [-0.3, -0.25) is 9.97 Å². The summed E-state index contributed by atoms with van der Waals surface area (Å²) in [7, 11) is -3.03. The molecule has 2 aromatic heterocycles. The second-order valence-corrected chi connectivity index (χ2v) is 9.19. The molecular formula is C14H17Br2N3O2S. The van der Waals surface area contributed by atoms with Crippen LogP contribution in [0.25, 0.3) is 0 Å². The lowest BCUT2D eigenvalue weighted by Gasteiger charge is -2.07. The highest BCUT2D eigenvalue weighted by molar-refractivity contribution is 9.10. The summed E-state index contributed by atoms with van der Waals surface area (Å²) in [5.74, 6) is 0.0527. The molecule has 0 fully saturated rings. The Balaban J connectivity index is 0.000000255. The van der Waals surface area contributed by atoms with Crippen LogP contribution in [-0.4, -0.2) is 23.6 Å². The highest BCUT2D eigenvalue weighted by Gasteiger charge is 2.16. The van der Waals surface area contributed by atoms with Gasteiger partial charge in [0.15, 0.2) is 9.84 Å². The number of hydrogen-bond acceptors (Lipinski definition) is 5. The van der Waals surface area contributed by atoms with Crippen LogP contribution in [0.4, 0.5) is 5.69 Å². The minimum Gasteiger partial charge on any atom is -0.397 e. The SMILES string of the molecule is CC(C)S(=O)(=O)Cc1cncc(Br)c1.Nc1cncc(Br)c1. The smallest absolute Gasteiger partial charge is 0.156 e. The topological polar surface area (TPSA) is 85.9 Å². The van der Waals surface area contributed by atoms with Crippen molar-refractivity contribution in [1.29, 1.82) is 0 Å². The van der Waals surface area contributed by atoms with Crippen LogP contribution in [0.1, 0.15) is 19.4 Å². The minimum atomic E-state index is -3.03. The molecule has 2 aromatic rings. The van der Waals surface area contributed by atoms with Crippen LogP contribution in [0.2, 0.25) is 0 Å². The summed E-state index contributed by atoms with van der Waals surface area (Å²) in [6, 6.07) is 3.57. The minimum absolute atomic E-state index is 0.0527. The first kappa shape index (κ1) is 19.1. The predicted octanol–water partition coefficient (Wildman–Crippen LogP) is 3.59. The summed E-state index contributed by atoms with van der Waals surface area (Å²) in [6.45, 7) is 3.36. The fourth-order valence-corrected chi connectivity index (χ4v) is 3.11. The Hall–Kier alpha value is -0.990. The maximum Gasteiger partial charge on any atom is 0.156 e. The summed E-state index contributed by atoms with van der Waals surface area (Å²) in [6.07, 6.45) is 6.50. The molecule has 2 heterocycles. The fourth-order valence-electron chi connectivity index (χ4n) is 1.36. The van der Waals surface area contributed by atoms with Gasteiger partial charge < -0.3 is 5.73 Å². The van der Waals surface area contributed by atoms with Crippen molar-refractivity contribution in [3.8, 4) is 0 Å². The first-order valence-corrected chi connectivity index (χ1v) is 9.68. The van der Waals surface area contributed by atoms with Crippen molar-refractivity contribution in [1.82, 2.24) is 9.97 Å². The number of nitrogens with zero attached hydrogens (tertiary/aromatic N) is 2. The second kappa shape index (κ2) is 8.59. The average molecular weight is 451 g/mol. The van der Waals surface area contributed by atoms with Crippen molar-refractivity contribution in [3.63, 3.8) is 0 Å². The molecule has 22 heavy (non-hydrogen) atoms. The quantitative estimate of drug-likeness (QED) is 0.771. The molecule has 2 rings (SSSR count). The normalized spacial score (nSPS) is 11.0. The molecule has 0 atom stereocenters. The largest absolute Gasteiger partial charge is 0.397 e. The Kier molecular flexibility index (Phi) is 7.44. The van der Waals surface area contributed by atoms with E-state index in [1.165, 1.54) is 0 Å². The Morgan fingerprint density at radius 3 is 2.00 bits per heavy atom. The number of halogens is 2. The van der Waals surface area contributed by atoms with E-state index < -0.39 is 9.84 Å². The zero-order valence-corrected chi connectivity index (χ0v) is 16.2. The summed E-state index contributed by atoms with van der Waals surface area (Å²) >= 11 is 6.47. The van der Waals surface area contributed by atoms with E-state index in [4.69, 9.17) is 5.73 Å². The Morgan fingerprint density at radius 2 is 1.59 bits per heavy atom. The lowest BCUT2D eigenvalue weighted by atomic mass is 10.3. The van der Waals surface area contributed by atoms with Gasteiger partial charge in [-0.05, 0) is 63.4 Å². The van der Waals surface area contributed by atoms with Gasteiger partial charge >= 0.3 is 0 Å². The third-order valence-electron chi connectivity index (χ3n) is 2.57. The maximum absolute atomic E-state index is 11.6. The van der Waals surface area contributed by atoms with Gasteiger partial charge in [0.2, 0.25) is 0 Å². The molecule has 0 amide bonds. The van der Waals surface area contributed by atoms with E-state index in [9.17, 15) is 8.42 Å². The number of pyridine rings is 2. The summed E-state index contributed by atoms with van der Waals surface area (Å²) in [4.78, 5) is 7.73. The number of sulfone groups is 1. The summed E-state index contributed by atoms with van der Waals surface area (Å²) in [5.41, 5.74) is 6.76. The molecule has 8 heteroatoms. The molecule has 120 valence electrons. The van der Waals surface area contributed by atoms with Gasteiger partial charge in [0.1, 0.15) is 0 Å². The number of rotatable bonds is 3. The molecule has 0 bridgehead atoms. The number of hydrogen-bond donors (Lipinski definition) is 1. The highest BCUT2D eigenvalue weighted by atomic mass is 79.9. The molecule has 0 saturated heterocycles. The number of aromatic nitrogens is 2. The summed E-state index contributed by atoms with van der Waals surface area (Å²) < 4.78 is 24.9. The second-order valence-electron chi connectivity index (χ2n) is 4.80.